The summed E-state index contributed by atoms with van der Waals surface area (Å²) in [4.78, 5) is 14.6. The maximum absolute atomic E-state index is 10.8. The zero-order chi connectivity index (χ0) is 14.4. The Morgan fingerprint density at radius 2 is 1.80 bits per heavy atom. The Balaban J connectivity index is 1.88. The van der Waals surface area contributed by atoms with Crippen LogP contribution >= 0.6 is 0 Å². The van der Waals surface area contributed by atoms with Gasteiger partial charge >= 0.3 is 5.97 Å². The maximum atomic E-state index is 10.8. The van der Waals surface area contributed by atoms with Gasteiger partial charge in [-0.15, -0.1) is 0 Å². The van der Waals surface area contributed by atoms with Gasteiger partial charge in [0.1, 0.15) is 19.0 Å². The number of hydrogen-bond acceptors (Lipinski definition) is 5. The molecule has 0 unspecified atom stereocenters. The molecule has 104 valence electrons. The van der Waals surface area contributed by atoms with Gasteiger partial charge in [0.15, 0.2) is 5.69 Å². The number of carboxylic acids is 1. The summed E-state index contributed by atoms with van der Waals surface area (Å²) in [5, 5.41) is 8.84. The van der Waals surface area contributed by atoms with Crippen LogP contribution in [-0.2, 0) is 0 Å². The minimum Gasteiger partial charge on any atom is -0.490 e. The van der Waals surface area contributed by atoms with E-state index in [0.717, 1.165) is 5.75 Å². The number of benzene rings is 1. The number of nitrogens with two attached hydrogens (primary N) is 1. The number of rotatable bonds is 6. The Morgan fingerprint density at radius 3 is 2.50 bits per heavy atom. The van der Waals surface area contributed by atoms with Crippen molar-refractivity contribution in [2.75, 3.05) is 18.9 Å². The first-order valence-electron chi connectivity index (χ1n) is 5.97. The fraction of sp³-hybridized carbons (Fsp3) is 0.143. The van der Waals surface area contributed by atoms with Gasteiger partial charge in [-0.2, -0.15) is 0 Å². The molecule has 0 bridgehead atoms. The molecule has 0 aliphatic heterocycles. The van der Waals surface area contributed by atoms with Crippen molar-refractivity contribution >= 4 is 11.7 Å². The van der Waals surface area contributed by atoms with Gasteiger partial charge in [-0.05, 0) is 24.3 Å². The second-order valence-electron chi connectivity index (χ2n) is 3.91. The molecule has 1 aromatic heterocycles. The smallest absolute Gasteiger partial charge is 0.354 e. The monoisotopic (exact) mass is 274 g/mol. The van der Waals surface area contributed by atoms with Gasteiger partial charge in [-0.25, -0.2) is 9.78 Å². The van der Waals surface area contributed by atoms with Crippen LogP contribution in [0.25, 0.3) is 0 Å². The number of carbonyl (C=O) groups is 1. The van der Waals surface area contributed by atoms with Crippen molar-refractivity contribution in [1.29, 1.82) is 0 Å². The molecule has 0 spiro atoms. The van der Waals surface area contributed by atoms with E-state index in [1.807, 2.05) is 30.3 Å². The van der Waals surface area contributed by atoms with E-state index < -0.39 is 5.97 Å². The summed E-state index contributed by atoms with van der Waals surface area (Å²) >= 11 is 0. The second-order valence-corrected chi connectivity index (χ2v) is 3.91. The highest BCUT2D eigenvalue weighted by Crippen LogP contribution is 2.18. The molecule has 2 rings (SSSR count). The van der Waals surface area contributed by atoms with E-state index in [-0.39, 0.29) is 23.9 Å². The summed E-state index contributed by atoms with van der Waals surface area (Å²) in [7, 11) is 0. The van der Waals surface area contributed by atoms with Crippen LogP contribution < -0.4 is 15.2 Å². The lowest BCUT2D eigenvalue weighted by molar-refractivity contribution is 0.0689. The summed E-state index contributed by atoms with van der Waals surface area (Å²) in [6, 6.07) is 12.1. The first kappa shape index (κ1) is 13.7. The van der Waals surface area contributed by atoms with Crippen LogP contribution in [0.1, 0.15) is 10.5 Å². The number of nitrogen functional groups attached to an aromatic ring is 1. The van der Waals surface area contributed by atoms with Gasteiger partial charge in [-0.3, -0.25) is 0 Å². The van der Waals surface area contributed by atoms with Crippen molar-refractivity contribution in [2.45, 2.75) is 0 Å². The van der Waals surface area contributed by atoms with E-state index in [9.17, 15) is 4.79 Å². The van der Waals surface area contributed by atoms with Gasteiger partial charge in [0.25, 0.3) is 0 Å². The van der Waals surface area contributed by atoms with E-state index in [4.69, 9.17) is 20.3 Å². The zero-order valence-electron chi connectivity index (χ0n) is 10.7. The van der Waals surface area contributed by atoms with Crippen LogP contribution in [0.15, 0.2) is 42.5 Å². The third-order valence-electron chi connectivity index (χ3n) is 2.44. The average molecular weight is 274 g/mol. The highest BCUT2D eigenvalue weighted by molar-refractivity contribution is 5.86. The standard InChI is InChI=1S/C14H14N2O4/c15-11-6-7-12(14(17)18)16-13(11)20-9-8-19-10-4-2-1-3-5-10/h1-7H,8-9,15H2,(H,17,18). The predicted octanol–water partition coefficient (Wildman–Crippen LogP) is 1.82. The maximum Gasteiger partial charge on any atom is 0.354 e. The van der Waals surface area contributed by atoms with E-state index in [1.165, 1.54) is 12.1 Å². The van der Waals surface area contributed by atoms with Gasteiger partial charge in [0.05, 0.1) is 5.69 Å². The SMILES string of the molecule is Nc1ccc(C(=O)O)nc1OCCOc1ccccc1. The van der Waals surface area contributed by atoms with E-state index in [1.54, 1.807) is 0 Å². The van der Waals surface area contributed by atoms with Gasteiger partial charge in [0.2, 0.25) is 5.88 Å². The number of hydrogen-bond donors (Lipinski definition) is 2. The fourth-order valence-electron chi connectivity index (χ4n) is 1.50. The molecule has 0 fully saturated rings. The molecule has 0 aliphatic carbocycles. The number of carboxylic acid groups (broad SMARTS) is 1. The number of ether oxygens (including phenoxy) is 2. The Bertz CT molecular complexity index is 587. The summed E-state index contributed by atoms with van der Waals surface area (Å²) in [5.74, 6) is -0.298. The Hall–Kier alpha value is -2.76. The number of para-hydroxylation sites is 1. The van der Waals surface area contributed by atoms with E-state index in [2.05, 4.69) is 4.98 Å². The summed E-state index contributed by atoms with van der Waals surface area (Å²) in [6.07, 6.45) is 0. The molecular formula is C14H14N2O4. The summed E-state index contributed by atoms with van der Waals surface area (Å²) < 4.78 is 10.8. The van der Waals surface area contributed by atoms with Gasteiger partial charge in [-0.1, -0.05) is 18.2 Å². The molecular weight excluding hydrogens is 260 g/mol. The Kier molecular flexibility index (Phi) is 4.39. The van der Waals surface area contributed by atoms with Crippen LogP contribution in [0.2, 0.25) is 0 Å². The number of pyridine rings is 1. The van der Waals surface area contributed by atoms with Crippen LogP contribution in [0.3, 0.4) is 0 Å². The minimum absolute atomic E-state index is 0.0987. The first-order chi connectivity index (χ1) is 9.66. The van der Waals surface area contributed by atoms with Crippen molar-refractivity contribution in [3.63, 3.8) is 0 Å². The molecule has 20 heavy (non-hydrogen) atoms. The lowest BCUT2D eigenvalue weighted by Crippen LogP contribution is -2.12. The normalized spacial score (nSPS) is 10.0. The molecule has 6 heteroatoms. The number of nitrogens with zero attached hydrogens (tertiary/aromatic N) is 1. The molecule has 0 aliphatic rings. The molecule has 0 saturated carbocycles. The number of aromatic nitrogens is 1. The molecule has 2 aromatic rings. The highest BCUT2D eigenvalue weighted by atomic mass is 16.5. The van der Waals surface area contributed by atoms with E-state index in [0.29, 0.717) is 6.61 Å². The van der Waals surface area contributed by atoms with Crippen molar-refractivity contribution in [3.8, 4) is 11.6 Å². The lowest BCUT2D eigenvalue weighted by Gasteiger charge is -2.09. The Morgan fingerprint density at radius 1 is 1.10 bits per heavy atom. The molecule has 6 nitrogen and oxygen atoms in total. The first-order valence-corrected chi connectivity index (χ1v) is 5.97. The molecule has 0 radical (unpaired) electrons. The van der Waals surface area contributed by atoms with Crippen molar-refractivity contribution in [3.05, 3.63) is 48.2 Å². The predicted molar refractivity (Wildman–Crippen MR) is 73.0 cm³/mol. The average Bonchev–Trinajstić information content (AvgIpc) is 2.46. The minimum atomic E-state index is -1.13. The summed E-state index contributed by atoms with van der Waals surface area (Å²) in [6.45, 7) is 0.525. The fourth-order valence-corrected chi connectivity index (χ4v) is 1.50. The summed E-state index contributed by atoms with van der Waals surface area (Å²) in [5.41, 5.74) is 5.84. The molecule has 3 N–H and O–H groups in total. The number of aromatic carboxylic acids is 1. The van der Waals surface area contributed by atoms with E-state index >= 15 is 0 Å². The molecule has 1 heterocycles. The lowest BCUT2D eigenvalue weighted by atomic mass is 10.3. The highest BCUT2D eigenvalue weighted by Gasteiger charge is 2.09. The van der Waals surface area contributed by atoms with Crippen molar-refractivity contribution in [2.24, 2.45) is 0 Å². The van der Waals surface area contributed by atoms with Crippen LogP contribution in [0, 0.1) is 0 Å². The zero-order valence-corrected chi connectivity index (χ0v) is 10.7. The van der Waals surface area contributed by atoms with Gasteiger partial charge < -0.3 is 20.3 Å². The third-order valence-corrected chi connectivity index (χ3v) is 2.44. The molecule has 0 amide bonds. The molecule has 0 atom stereocenters. The number of anilines is 1. The van der Waals surface area contributed by atoms with Crippen molar-refractivity contribution in [1.82, 2.24) is 4.98 Å². The van der Waals surface area contributed by atoms with Crippen LogP contribution in [-0.4, -0.2) is 29.3 Å². The Labute approximate surface area is 115 Å². The molecule has 1 aromatic carbocycles. The third kappa shape index (κ3) is 3.61. The topological polar surface area (TPSA) is 94.7 Å². The quantitative estimate of drug-likeness (QED) is 0.780. The van der Waals surface area contributed by atoms with Crippen molar-refractivity contribution < 1.29 is 19.4 Å². The van der Waals surface area contributed by atoms with Crippen LogP contribution in [0.5, 0.6) is 11.6 Å². The second kappa shape index (κ2) is 6.42. The van der Waals surface area contributed by atoms with Crippen LogP contribution in [0.4, 0.5) is 5.69 Å². The largest absolute Gasteiger partial charge is 0.490 e. The van der Waals surface area contributed by atoms with Gasteiger partial charge in [0, 0.05) is 0 Å². The molecule has 0 saturated heterocycles.